The zero-order valence-corrected chi connectivity index (χ0v) is 14.3. The van der Waals surface area contributed by atoms with Gasteiger partial charge in [-0.2, -0.15) is 0 Å². The number of benzene rings is 1. The summed E-state index contributed by atoms with van der Waals surface area (Å²) in [6.07, 6.45) is 1.55. The minimum atomic E-state index is -0.683. The van der Waals surface area contributed by atoms with E-state index in [1.54, 1.807) is 24.0 Å². The SMILES string of the molecule is CCCNC(=O)C1CCN(C(=O)C(C)Oc2cccc(F)c2)CC1. The van der Waals surface area contributed by atoms with Crippen molar-refractivity contribution in [2.45, 2.75) is 39.2 Å². The number of halogens is 1. The van der Waals surface area contributed by atoms with Gasteiger partial charge >= 0.3 is 0 Å². The number of hydrogen-bond acceptors (Lipinski definition) is 3. The van der Waals surface area contributed by atoms with Crippen LogP contribution in [-0.4, -0.2) is 42.5 Å². The normalized spacial score (nSPS) is 16.5. The quantitative estimate of drug-likeness (QED) is 0.867. The Hall–Kier alpha value is -2.11. The standard InChI is InChI=1S/C18H25FN2O3/c1-3-9-20-17(22)14-7-10-21(11-8-14)18(23)13(2)24-16-6-4-5-15(19)12-16/h4-6,12-14H,3,7-11H2,1-2H3,(H,20,22). The predicted octanol–water partition coefficient (Wildman–Crippen LogP) is 2.36. The molecule has 6 heteroatoms. The van der Waals surface area contributed by atoms with Crippen LogP contribution in [0, 0.1) is 11.7 Å². The molecule has 1 aliphatic heterocycles. The van der Waals surface area contributed by atoms with Gasteiger partial charge < -0.3 is 15.0 Å². The lowest BCUT2D eigenvalue weighted by Gasteiger charge is -2.33. The fourth-order valence-electron chi connectivity index (χ4n) is 2.81. The summed E-state index contributed by atoms with van der Waals surface area (Å²) < 4.78 is 18.7. The third-order valence-corrected chi connectivity index (χ3v) is 4.18. The van der Waals surface area contributed by atoms with Crippen LogP contribution in [0.25, 0.3) is 0 Å². The molecule has 1 unspecified atom stereocenters. The number of nitrogens with one attached hydrogen (secondary N) is 1. The summed E-state index contributed by atoms with van der Waals surface area (Å²) >= 11 is 0. The molecule has 0 aliphatic carbocycles. The largest absolute Gasteiger partial charge is 0.481 e. The molecule has 2 amide bonds. The lowest BCUT2D eigenvalue weighted by atomic mass is 9.95. The van der Waals surface area contributed by atoms with E-state index in [4.69, 9.17) is 4.74 Å². The summed E-state index contributed by atoms with van der Waals surface area (Å²) in [6.45, 7) is 5.45. The monoisotopic (exact) mass is 336 g/mol. The van der Waals surface area contributed by atoms with Crippen LogP contribution < -0.4 is 10.1 Å². The average Bonchev–Trinajstić information content (AvgIpc) is 2.59. The highest BCUT2D eigenvalue weighted by molar-refractivity contribution is 5.82. The van der Waals surface area contributed by atoms with Crippen molar-refractivity contribution in [1.29, 1.82) is 0 Å². The van der Waals surface area contributed by atoms with Crippen molar-refractivity contribution in [3.63, 3.8) is 0 Å². The first-order valence-corrected chi connectivity index (χ1v) is 8.50. The summed E-state index contributed by atoms with van der Waals surface area (Å²) in [5.74, 6) is -0.143. The summed E-state index contributed by atoms with van der Waals surface area (Å²) in [6, 6.07) is 5.75. The van der Waals surface area contributed by atoms with Crippen molar-refractivity contribution < 1.29 is 18.7 Å². The van der Waals surface area contributed by atoms with Gasteiger partial charge in [0.15, 0.2) is 6.10 Å². The molecule has 1 saturated heterocycles. The van der Waals surface area contributed by atoms with Gasteiger partial charge in [-0.3, -0.25) is 9.59 Å². The summed E-state index contributed by atoms with van der Waals surface area (Å²) in [7, 11) is 0. The molecular weight excluding hydrogens is 311 g/mol. The van der Waals surface area contributed by atoms with Crippen molar-refractivity contribution in [3.05, 3.63) is 30.1 Å². The molecule has 0 aromatic heterocycles. The highest BCUT2D eigenvalue weighted by atomic mass is 19.1. The number of carbonyl (C=O) groups is 2. The second-order valence-electron chi connectivity index (χ2n) is 6.11. The fraction of sp³-hybridized carbons (Fsp3) is 0.556. The van der Waals surface area contributed by atoms with Gasteiger partial charge in [0.2, 0.25) is 5.91 Å². The van der Waals surface area contributed by atoms with Crippen molar-refractivity contribution in [2.75, 3.05) is 19.6 Å². The molecule has 0 spiro atoms. The molecule has 1 fully saturated rings. The Balaban J connectivity index is 1.82. The number of ether oxygens (including phenoxy) is 1. The first-order chi connectivity index (χ1) is 11.5. The van der Waals surface area contributed by atoms with E-state index < -0.39 is 11.9 Å². The zero-order chi connectivity index (χ0) is 17.5. The van der Waals surface area contributed by atoms with Gasteiger partial charge in [0.05, 0.1) is 0 Å². The van der Waals surface area contributed by atoms with Crippen molar-refractivity contribution in [2.24, 2.45) is 5.92 Å². The molecule has 1 aromatic carbocycles. The molecule has 0 bridgehead atoms. The fourth-order valence-corrected chi connectivity index (χ4v) is 2.81. The number of nitrogens with zero attached hydrogens (tertiary/aromatic N) is 1. The Kier molecular flexibility index (Phi) is 6.58. The van der Waals surface area contributed by atoms with Crippen LogP contribution in [0.4, 0.5) is 4.39 Å². The molecule has 0 saturated carbocycles. The van der Waals surface area contributed by atoms with E-state index >= 15 is 0 Å². The molecule has 1 heterocycles. The number of piperidine rings is 1. The van der Waals surface area contributed by atoms with E-state index in [1.807, 2.05) is 6.92 Å². The minimum Gasteiger partial charge on any atom is -0.481 e. The maximum Gasteiger partial charge on any atom is 0.263 e. The summed E-state index contributed by atoms with van der Waals surface area (Å²) in [5, 5.41) is 2.90. The molecule has 1 aromatic rings. The topological polar surface area (TPSA) is 58.6 Å². The highest BCUT2D eigenvalue weighted by Gasteiger charge is 2.29. The third-order valence-electron chi connectivity index (χ3n) is 4.18. The Labute approximate surface area is 142 Å². The maximum absolute atomic E-state index is 13.2. The molecule has 5 nitrogen and oxygen atoms in total. The molecule has 0 radical (unpaired) electrons. The number of amides is 2. The minimum absolute atomic E-state index is 0.0277. The van der Waals surface area contributed by atoms with Gasteiger partial charge in [-0.1, -0.05) is 13.0 Å². The number of rotatable bonds is 6. The smallest absolute Gasteiger partial charge is 0.263 e. The van der Waals surface area contributed by atoms with E-state index in [0.717, 1.165) is 6.42 Å². The third kappa shape index (κ3) is 4.94. The number of carbonyl (C=O) groups excluding carboxylic acids is 2. The lowest BCUT2D eigenvalue weighted by molar-refractivity contribution is -0.141. The van der Waals surface area contributed by atoms with Gasteiger partial charge in [-0.25, -0.2) is 4.39 Å². The molecule has 1 aliphatic rings. The van der Waals surface area contributed by atoms with Crippen LogP contribution in [0.3, 0.4) is 0 Å². The van der Waals surface area contributed by atoms with Gasteiger partial charge in [0.25, 0.3) is 5.91 Å². The van der Waals surface area contributed by atoms with Crippen molar-refractivity contribution in [3.8, 4) is 5.75 Å². The van der Waals surface area contributed by atoms with E-state index in [0.29, 0.717) is 38.2 Å². The van der Waals surface area contributed by atoms with Gasteiger partial charge in [-0.15, -0.1) is 0 Å². The number of likely N-dealkylation sites (tertiary alicyclic amines) is 1. The second kappa shape index (κ2) is 8.66. The van der Waals surface area contributed by atoms with Crippen molar-refractivity contribution >= 4 is 11.8 Å². The zero-order valence-electron chi connectivity index (χ0n) is 14.3. The van der Waals surface area contributed by atoms with E-state index in [2.05, 4.69) is 5.32 Å². The van der Waals surface area contributed by atoms with Crippen LogP contribution in [0.5, 0.6) is 5.75 Å². The van der Waals surface area contributed by atoms with E-state index in [-0.39, 0.29) is 17.7 Å². The molecule has 2 rings (SSSR count). The van der Waals surface area contributed by atoms with Crippen LogP contribution >= 0.6 is 0 Å². The van der Waals surface area contributed by atoms with Crippen LogP contribution in [0.1, 0.15) is 33.1 Å². The summed E-state index contributed by atoms with van der Waals surface area (Å²) in [5.41, 5.74) is 0. The van der Waals surface area contributed by atoms with Crippen LogP contribution in [0.2, 0.25) is 0 Å². The van der Waals surface area contributed by atoms with Gasteiger partial charge in [-0.05, 0) is 38.3 Å². The Morgan fingerprint density at radius 2 is 2.08 bits per heavy atom. The first kappa shape index (κ1) is 18.2. The second-order valence-corrected chi connectivity index (χ2v) is 6.11. The van der Waals surface area contributed by atoms with Crippen LogP contribution in [-0.2, 0) is 9.59 Å². The van der Waals surface area contributed by atoms with Gasteiger partial charge in [0, 0.05) is 31.6 Å². The Bertz CT molecular complexity index is 571. The van der Waals surface area contributed by atoms with Gasteiger partial charge in [0.1, 0.15) is 11.6 Å². The Morgan fingerprint density at radius 3 is 2.71 bits per heavy atom. The van der Waals surface area contributed by atoms with E-state index in [9.17, 15) is 14.0 Å². The highest BCUT2D eigenvalue weighted by Crippen LogP contribution is 2.20. The predicted molar refractivity (Wildman–Crippen MR) is 89.1 cm³/mol. The maximum atomic E-state index is 13.2. The molecule has 1 N–H and O–H groups in total. The number of hydrogen-bond donors (Lipinski definition) is 1. The van der Waals surface area contributed by atoms with Crippen molar-refractivity contribution in [1.82, 2.24) is 10.2 Å². The van der Waals surface area contributed by atoms with Crippen LogP contribution in [0.15, 0.2) is 24.3 Å². The lowest BCUT2D eigenvalue weighted by Crippen LogP contribution is -2.47. The molecule has 132 valence electrons. The van der Waals surface area contributed by atoms with E-state index in [1.165, 1.54) is 12.1 Å². The molecule has 24 heavy (non-hydrogen) atoms. The Morgan fingerprint density at radius 1 is 1.38 bits per heavy atom. The summed E-state index contributed by atoms with van der Waals surface area (Å²) in [4.78, 5) is 26.1. The molecule has 1 atom stereocenters. The first-order valence-electron chi connectivity index (χ1n) is 8.50. The average molecular weight is 336 g/mol. The molecular formula is C18H25FN2O3.